The molecule has 0 unspecified atom stereocenters. The Morgan fingerprint density at radius 2 is 1.82 bits per heavy atom. The number of hydrogen-bond acceptors (Lipinski definition) is 4. The molecule has 17 heavy (non-hydrogen) atoms. The number of amides is 1. The highest BCUT2D eigenvalue weighted by Crippen LogP contribution is 1.99. The molecule has 0 bridgehead atoms. The third-order valence-corrected chi connectivity index (χ3v) is 2.00. The van der Waals surface area contributed by atoms with Crippen molar-refractivity contribution in [1.82, 2.24) is 10.2 Å². The van der Waals surface area contributed by atoms with Crippen LogP contribution in [-0.2, 0) is 14.3 Å². The molecule has 1 amide bonds. The van der Waals surface area contributed by atoms with Gasteiger partial charge in [0, 0.05) is 5.54 Å². The average molecular weight is 244 g/mol. The Labute approximate surface area is 103 Å². The van der Waals surface area contributed by atoms with Crippen LogP contribution in [0.15, 0.2) is 0 Å². The van der Waals surface area contributed by atoms with Crippen molar-refractivity contribution in [3.05, 3.63) is 0 Å². The van der Waals surface area contributed by atoms with Crippen molar-refractivity contribution >= 4 is 11.9 Å². The lowest BCUT2D eigenvalue weighted by Gasteiger charge is -2.24. The van der Waals surface area contributed by atoms with Gasteiger partial charge in [-0.05, 0) is 33.7 Å². The third-order valence-electron chi connectivity index (χ3n) is 2.00. The molecule has 5 nitrogen and oxygen atoms in total. The summed E-state index contributed by atoms with van der Waals surface area (Å²) in [6, 6.07) is 0. The predicted octanol–water partition coefficient (Wildman–Crippen LogP) is 0.786. The summed E-state index contributed by atoms with van der Waals surface area (Å²) in [7, 11) is 1.35. The van der Waals surface area contributed by atoms with E-state index in [9.17, 15) is 9.59 Å². The van der Waals surface area contributed by atoms with Crippen LogP contribution in [0.1, 0.15) is 34.1 Å². The monoisotopic (exact) mass is 244 g/mol. The lowest BCUT2D eigenvalue weighted by atomic mass is 10.1. The van der Waals surface area contributed by atoms with Crippen LogP contribution in [-0.4, -0.2) is 49.1 Å². The minimum absolute atomic E-state index is 0.0742. The number of rotatable bonds is 6. The minimum atomic E-state index is -0.318. The standard InChI is InChI=1S/C12H24N2O3/c1-6-7-14(9-11(16)17-5)8-10(15)13-12(2,3)4/h6-9H2,1-5H3,(H,13,15). The molecule has 0 atom stereocenters. The normalized spacial score (nSPS) is 11.4. The van der Waals surface area contributed by atoms with Gasteiger partial charge < -0.3 is 10.1 Å². The number of carbonyl (C=O) groups excluding carboxylic acids is 2. The number of methoxy groups -OCH3 is 1. The highest BCUT2D eigenvalue weighted by Gasteiger charge is 2.18. The maximum atomic E-state index is 11.7. The van der Waals surface area contributed by atoms with Gasteiger partial charge in [0.05, 0.1) is 20.2 Å². The molecule has 0 heterocycles. The van der Waals surface area contributed by atoms with Gasteiger partial charge in [0.2, 0.25) is 5.91 Å². The molecule has 0 rings (SSSR count). The first-order chi connectivity index (χ1) is 7.78. The molecule has 0 radical (unpaired) electrons. The fraction of sp³-hybridized carbons (Fsp3) is 0.833. The molecule has 0 aromatic heterocycles. The Bertz CT molecular complexity index is 259. The average Bonchev–Trinajstić information content (AvgIpc) is 2.14. The molecule has 0 aliphatic carbocycles. The van der Waals surface area contributed by atoms with Gasteiger partial charge in [-0.2, -0.15) is 0 Å². The first kappa shape index (κ1) is 15.9. The summed E-state index contributed by atoms with van der Waals surface area (Å²) in [5.41, 5.74) is -0.250. The summed E-state index contributed by atoms with van der Waals surface area (Å²) in [4.78, 5) is 24.7. The van der Waals surface area contributed by atoms with E-state index in [0.29, 0.717) is 6.54 Å². The number of hydrogen-bond donors (Lipinski definition) is 1. The third kappa shape index (κ3) is 8.68. The second-order valence-corrected chi connectivity index (χ2v) is 5.08. The molecule has 0 saturated carbocycles. The fourth-order valence-corrected chi connectivity index (χ4v) is 1.44. The molecule has 0 aliphatic rings. The number of ether oxygens (including phenoxy) is 1. The summed E-state index contributed by atoms with van der Waals surface area (Å²) in [5.74, 6) is -0.392. The Morgan fingerprint density at radius 3 is 2.24 bits per heavy atom. The van der Waals surface area contributed by atoms with E-state index >= 15 is 0 Å². The topological polar surface area (TPSA) is 58.6 Å². The van der Waals surface area contributed by atoms with Gasteiger partial charge in [-0.15, -0.1) is 0 Å². The van der Waals surface area contributed by atoms with Crippen LogP contribution in [0.3, 0.4) is 0 Å². The molecule has 0 fully saturated rings. The molecule has 0 aliphatic heterocycles. The van der Waals surface area contributed by atoms with Gasteiger partial charge in [0.1, 0.15) is 0 Å². The van der Waals surface area contributed by atoms with Crippen molar-refractivity contribution < 1.29 is 14.3 Å². The largest absolute Gasteiger partial charge is 0.468 e. The van der Waals surface area contributed by atoms with Gasteiger partial charge in [-0.25, -0.2) is 0 Å². The van der Waals surface area contributed by atoms with E-state index in [1.807, 2.05) is 27.7 Å². The molecule has 0 saturated heterocycles. The smallest absolute Gasteiger partial charge is 0.319 e. The molecule has 1 N–H and O–H groups in total. The molecule has 0 aromatic rings. The molecular weight excluding hydrogens is 220 g/mol. The van der Waals surface area contributed by atoms with E-state index in [4.69, 9.17) is 0 Å². The summed E-state index contributed by atoms with van der Waals surface area (Å²) in [6.07, 6.45) is 0.889. The number of nitrogens with one attached hydrogen (secondary N) is 1. The van der Waals surface area contributed by atoms with Crippen molar-refractivity contribution in [2.45, 2.75) is 39.7 Å². The minimum Gasteiger partial charge on any atom is -0.468 e. The molecule has 5 heteroatoms. The zero-order chi connectivity index (χ0) is 13.5. The molecule has 100 valence electrons. The summed E-state index contributed by atoms with van der Waals surface area (Å²) in [5, 5.41) is 2.87. The van der Waals surface area contributed by atoms with Gasteiger partial charge in [-0.3, -0.25) is 14.5 Å². The summed E-state index contributed by atoms with van der Waals surface area (Å²) in [6.45, 7) is 8.86. The Morgan fingerprint density at radius 1 is 1.24 bits per heavy atom. The molecular formula is C12H24N2O3. The quantitative estimate of drug-likeness (QED) is 0.702. The lowest BCUT2D eigenvalue weighted by molar-refractivity contribution is -0.142. The van der Waals surface area contributed by atoms with Crippen molar-refractivity contribution in [3.63, 3.8) is 0 Å². The van der Waals surface area contributed by atoms with E-state index in [2.05, 4.69) is 10.1 Å². The number of esters is 1. The van der Waals surface area contributed by atoms with Crippen molar-refractivity contribution in [2.24, 2.45) is 0 Å². The zero-order valence-electron chi connectivity index (χ0n) is 11.5. The predicted molar refractivity (Wildman–Crippen MR) is 66.6 cm³/mol. The van der Waals surface area contributed by atoms with E-state index in [0.717, 1.165) is 6.42 Å². The maximum absolute atomic E-state index is 11.7. The van der Waals surface area contributed by atoms with E-state index < -0.39 is 0 Å². The van der Waals surface area contributed by atoms with Gasteiger partial charge >= 0.3 is 5.97 Å². The Hall–Kier alpha value is -1.10. The van der Waals surface area contributed by atoms with Crippen LogP contribution < -0.4 is 5.32 Å². The SMILES string of the molecule is CCCN(CC(=O)NC(C)(C)C)CC(=O)OC. The highest BCUT2D eigenvalue weighted by atomic mass is 16.5. The summed E-state index contributed by atoms with van der Waals surface area (Å²) < 4.78 is 4.60. The summed E-state index contributed by atoms with van der Waals surface area (Å²) >= 11 is 0. The second-order valence-electron chi connectivity index (χ2n) is 5.08. The lowest BCUT2D eigenvalue weighted by Crippen LogP contribution is -2.47. The number of nitrogens with zero attached hydrogens (tertiary/aromatic N) is 1. The van der Waals surface area contributed by atoms with E-state index in [1.165, 1.54) is 7.11 Å². The van der Waals surface area contributed by atoms with Gasteiger partial charge in [0.25, 0.3) is 0 Å². The maximum Gasteiger partial charge on any atom is 0.319 e. The first-order valence-electron chi connectivity index (χ1n) is 5.88. The highest BCUT2D eigenvalue weighted by molar-refractivity contribution is 5.79. The van der Waals surface area contributed by atoms with E-state index in [1.54, 1.807) is 4.90 Å². The Kier molecular flexibility index (Phi) is 6.80. The van der Waals surface area contributed by atoms with Crippen LogP contribution >= 0.6 is 0 Å². The zero-order valence-corrected chi connectivity index (χ0v) is 11.5. The van der Waals surface area contributed by atoms with Gasteiger partial charge in [-0.1, -0.05) is 6.92 Å². The van der Waals surface area contributed by atoms with Crippen molar-refractivity contribution in [3.8, 4) is 0 Å². The second kappa shape index (κ2) is 7.27. The fourth-order valence-electron chi connectivity index (χ4n) is 1.44. The first-order valence-corrected chi connectivity index (χ1v) is 5.88. The van der Waals surface area contributed by atoms with Crippen molar-refractivity contribution in [1.29, 1.82) is 0 Å². The molecule has 0 spiro atoms. The van der Waals surface area contributed by atoms with Crippen LogP contribution in [0.5, 0.6) is 0 Å². The van der Waals surface area contributed by atoms with Gasteiger partial charge in [0.15, 0.2) is 0 Å². The van der Waals surface area contributed by atoms with Crippen molar-refractivity contribution in [2.75, 3.05) is 26.7 Å². The van der Waals surface area contributed by atoms with E-state index in [-0.39, 0.29) is 30.5 Å². The van der Waals surface area contributed by atoms with Crippen LogP contribution in [0, 0.1) is 0 Å². The number of carbonyl (C=O) groups is 2. The van der Waals surface area contributed by atoms with Crippen LogP contribution in [0.4, 0.5) is 0 Å². The van der Waals surface area contributed by atoms with Crippen LogP contribution in [0.25, 0.3) is 0 Å². The Balaban J connectivity index is 4.24. The van der Waals surface area contributed by atoms with Crippen LogP contribution in [0.2, 0.25) is 0 Å². The molecule has 0 aromatic carbocycles.